The number of benzene rings is 2. The second-order valence-electron chi connectivity index (χ2n) is 5.51. The molecular formula is C19H25NO. The van der Waals surface area contributed by atoms with Gasteiger partial charge in [-0.3, -0.25) is 0 Å². The normalized spacial score (nSPS) is 12.2. The fraction of sp³-hybridized carbons (Fsp3) is 0.368. The highest BCUT2D eigenvalue weighted by molar-refractivity contribution is 5.40. The maximum Gasteiger partial charge on any atom is 0.124 e. The minimum absolute atomic E-state index is 0.258. The summed E-state index contributed by atoms with van der Waals surface area (Å²) in [5.41, 5.74) is 5.13. The van der Waals surface area contributed by atoms with E-state index in [0.717, 1.165) is 12.2 Å². The third kappa shape index (κ3) is 4.08. The SMILES string of the molecule is CCOc1ccc(C)cc1C(Cc1ccc(C)cc1)NC. The molecule has 0 fully saturated rings. The molecule has 0 aliphatic carbocycles. The Balaban J connectivity index is 2.27. The predicted molar refractivity (Wildman–Crippen MR) is 89.0 cm³/mol. The molecule has 21 heavy (non-hydrogen) atoms. The van der Waals surface area contributed by atoms with Gasteiger partial charge in [-0.25, -0.2) is 0 Å². The maximum atomic E-state index is 5.79. The Morgan fingerprint density at radius 2 is 1.67 bits per heavy atom. The van der Waals surface area contributed by atoms with Crippen molar-refractivity contribution in [3.63, 3.8) is 0 Å². The van der Waals surface area contributed by atoms with Crippen molar-refractivity contribution in [2.24, 2.45) is 0 Å². The monoisotopic (exact) mass is 283 g/mol. The third-order valence-corrected chi connectivity index (χ3v) is 3.75. The summed E-state index contributed by atoms with van der Waals surface area (Å²) in [4.78, 5) is 0. The van der Waals surface area contributed by atoms with E-state index in [9.17, 15) is 0 Å². The van der Waals surface area contributed by atoms with Gasteiger partial charge in [0.25, 0.3) is 0 Å². The maximum absolute atomic E-state index is 5.79. The molecule has 0 saturated heterocycles. The van der Waals surface area contributed by atoms with Crippen molar-refractivity contribution in [3.05, 3.63) is 64.7 Å². The molecule has 0 aliphatic heterocycles. The molecule has 0 aliphatic rings. The minimum atomic E-state index is 0.258. The van der Waals surface area contributed by atoms with Crippen LogP contribution in [0.4, 0.5) is 0 Å². The fourth-order valence-electron chi connectivity index (χ4n) is 2.55. The van der Waals surface area contributed by atoms with E-state index in [1.54, 1.807) is 0 Å². The second-order valence-corrected chi connectivity index (χ2v) is 5.51. The van der Waals surface area contributed by atoms with E-state index >= 15 is 0 Å². The number of hydrogen-bond donors (Lipinski definition) is 1. The van der Waals surface area contributed by atoms with Crippen molar-refractivity contribution in [1.29, 1.82) is 0 Å². The topological polar surface area (TPSA) is 21.3 Å². The van der Waals surface area contributed by atoms with Gasteiger partial charge in [0.05, 0.1) is 6.61 Å². The molecule has 0 radical (unpaired) electrons. The molecule has 0 spiro atoms. The van der Waals surface area contributed by atoms with Crippen molar-refractivity contribution >= 4 is 0 Å². The van der Waals surface area contributed by atoms with Gasteiger partial charge < -0.3 is 10.1 Å². The van der Waals surface area contributed by atoms with Crippen LogP contribution in [0.2, 0.25) is 0 Å². The first-order valence-electron chi connectivity index (χ1n) is 7.60. The van der Waals surface area contributed by atoms with Crippen LogP contribution < -0.4 is 10.1 Å². The van der Waals surface area contributed by atoms with Gasteiger partial charge in [-0.05, 0) is 45.9 Å². The predicted octanol–water partition coefficient (Wildman–Crippen LogP) is 4.21. The first-order valence-corrected chi connectivity index (χ1v) is 7.60. The average molecular weight is 283 g/mol. The van der Waals surface area contributed by atoms with Crippen LogP contribution >= 0.6 is 0 Å². The van der Waals surface area contributed by atoms with Crippen LogP contribution in [-0.4, -0.2) is 13.7 Å². The summed E-state index contributed by atoms with van der Waals surface area (Å²) in [6, 6.07) is 15.4. The van der Waals surface area contributed by atoms with Crippen LogP contribution in [0.1, 0.15) is 35.2 Å². The zero-order valence-electron chi connectivity index (χ0n) is 13.4. The molecule has 1 atom stereocenters. The van der Waals surface area contributed by atoms with Crippen molar-refractivity contribution in [2.75, 3.05) is 13.7 Å². The molecule has 2 heteroatoms. The summed E-state index contributed by atoms with van der Waals surface area (Å²) < 4.78 is 5.79. The Kier molecular flexibility index (Phi) is 5.40. The quantitative estimate of drug-likeness (QED) is 0.857. The molecular weight excluding hydrogens is 258 g/mol. The molecule has 0 aromatic heterocycles. The summed E-state index contributed by atoms with van der Waals surface area (Å²) in [5.74, 6) is 0.981. The molecule has 2 aromatic rings. The number of hydrogen-bond acceptors (Lipinski definition) is 2. The number of nitrogens with one attached hydrogen (secondary N) is 1. The van der Waals surface area contributed by atoms with Gasteiger partial charge in [0.2, 0.25) is 0 Å². The molecule has 2 aromatic carbocycles. The standard InChI is InChI=1S/C19H25NO/c1-5-21-19-11-8-15(3)12-17(19)18(20-4)13-16-9-6-14(2)7-10-16/h6-12,18,20H,5,13H2,1-4H3. The molecule has 0 saturated carbocycles. The fourth-order valence-corrected chi connectivity index (χ4v) is 2.55. The van der Waals surface area contributed by atoms with Crippen LogP contribution in [0.25, 0.3) is 0 Å². The lowest BCUT2D eigenvalue weighted by molar-refractivity contribution is 0.332. The lowest BCUT2D eigenvalue weighted by atomic mass is 9.96. The van der Waals surface area contributed by atoms with E-state index in [2.05, 4.69) is 61.6 Å². The van der Waals surface area contributed by atoms with Crippen LogP contribution in [0, 0.1) is 13.8 Å². The smallest absolute Gasteiger partial charge is 0.124 e. The molecule has 1 N–H and O–H groups in total. The van der Waals surface area contributed by atoms with Gasteiger partial charge >= 0.3 is 0 Å². The van der Waals surface area contributed by atoms with E-state index in [4.69, 9.17) is 4.74 Å². The molecule has 2 nitrogen and oxygen atoms in total. The number of ether oxygens (including phenoxy) is 1. The first kappa shape index (κ1) is 15.6. The lowest BCUT2D eigenvalue weighted by Gasteiger charge is -2.21. The van der Waals surface area contributed by atoms with Crippen LogP contribution in [-0.2, 0) is 6.42 Å². The Labute approximate surface area is 128 Å². The Bertz CT molecular complexity index is 575. The van der Waals surface area contributed by atoms with Crippen LogP contribution in [0.15, 0.2) is 42.5 Å². The van der Waals surface area contributed by atoms with Crippen molar-refractivity contribution in [1.82, 2.24) is 5.32 Å². The second kappa shape index (κ2) is 7.28. The Hall–Kier alpha value is -1.80. The zero-order valence-corrected chi connectivity index (χ0v) is 13.4. The summed E-state index contributed by atoms with van der Waals surface area (Å²) in [5, 5.41) is 3.43. The summed E-state index contributed by atoms with van der Waals surface area (Å²) in [7, 11) is 2.01. The number of likely N-dealkylation sites (N-methyl/N-ethyl adjacent to an activating group) is 1. The highest BCUT2D eigenvalue weighted by Gasteiger charge is 2.15. The zero-order chi connectivity index (χ0) is 15.2. The highest BCUT2D eigenvalue weighted by atomic mass is 16.5. The molecule has 0 amide bonds. The van der Waals surface area contributed by atoms with E-state index in [1.165, 1.54) is 22.3 Å². The van der Waals surface area contributed by atoms with Crippen LogP contribution in [0.5, 0.6) is 5.75 Å². The number of rotatable bonds is 6. The molecule has 2 rings (SSSR count). The van der Waals surface area contributed by atoms with Crippen LogP contribution in [0.3, 0.4) is 0 Å². The first-order chi connectivity index (χ1) is 10.1. The van der Waals surface area contributed by atoms with Gasteiger partial charge in [-0.15, -0.1) is 0 Å². The van der Waals surface area contributed by atoms with Gasteiger partial charge in [0, 0.05) is 11.6 Å². The lowest BCUT2D eigenvalue weighted by Crippen LogP contribution is -2.20. The molecule has 112 valence electrons. The number of aryl methyl sites for hydroxylation is 2. The van der Waals surface area contributed by atoms with E-state index in [0.29, 0.717) is 6.61 Å². The van der Waals surface area contributed by atoms with E-state index in [1.807, 2.05) is 14.0 Å². The Morgan fingerprint density at radius 1 is 1.00 bits per heavy atom. The van der Waals surface area contributed by atoms with Gasteiger partial charge in [-0.1, -0.05) is 47.5 Å². The van der Waals surface area contributed by atoms with Crippen molar-refractivity contribution in [2.45, 2.75) is 33.2 Å². The molecule has 1 unspecified atom stereocenters. The summed E-state index contributed by atoms with van der Waals surface area (Å²) in [6.07, 6.45) is 0.959. The van der Waals surface area contributed by atoms with E-state index in [-0.39, 0.29) is 6.04 Å². The highest BCUT2D eigenvalue weighted by Crippen LogP contribution is 2.29. The minimum Gasteiger partial charge on any atom is -0.494 e. The van der Waals surface area contributed by atoms with Gasteiger partial charge in [0.1, 0.15) is 5.75 Å². The third-order valence-electron chi connectivity index (χ3n) is 3.75. The van der Waals surface area contributed by atoms with Crippen molar-refractivity contribution < 1.29 is 4.74 Å². The van der Waals surface area contributed by atoms with Crippen molar-refractivity contribution in [3.8, 4) is 5.75 Å². The summed E-state index contributed by atoms with van der Waals surface area (Å²) in [6.45, 7) is 6.96. The largest absolute Gasteiger partial charge is 0.494 e. The van der Waals surface area contributed by atoms with E-state index < -0.39 is 0 Å². The Morgan fingerprint density at radius 3 is 2.29 bits per heavy atom. The summed E-state index contributed by atoms with van der Waals surface area (Å²) >= 11 is 0. The molecule has 0 heterocycles. The average Bonchev–Trinajstić information content (AvgIpc) is 2.49. The van der Waals surface area contributed by atoms with Gasteiger partial charge in [0.15, 0.2) is 0 Å². The molecule has 0 bridgehead atoms. The van der Waals surface area contributed by atoms with Gasteiger partial charge in [-0.2, -0.15) is 0 Å².